The minimum absolute atomic E-state index is 0. The molecule has 1 aliphatic heterocycles. The zero-order valence-electron chi connectivity index (χ0n) is 13.7. The summed E-state index contributed by atoms with van der Waals surface area (Å²) in [6.07, 6.45) is 4.08. The molecule has 0 aliphatic carbocycles. The van der Waals surface area contributed by atoms with Crippen LogP contribution in [0.1, 0.15) is 38.7 Å². The van der Waals surface area contributed by atoms with E-state index in [0.29, 0.717) is 12.3 Å². The summed E-state index contributed by atoms with van der Waals surface area (Å²) >= 11 is 0. The first kappa shape index (κ1) is 19.0. The summed E-state index contributed by atoms with van der Waals surface area (Å²) in [7, 11) is 0. The third-order valence-corrected chi connectivity index (χ3v) is 4.64. The van der Waals surface area contributed by atoms with E-state index < -0.39 is 6.04 Å². The maximum atomic E-state index is 12.5. The SMILES string of the molecule is CC(C)C1CCCN(C(=O)C(N)Cc2ccccc2)CC1.Cl. The van der Waals surface area contributed by atoms with Gasteiger partial charge in [-0.05, 0) is 43.1 Å². The van der Waals surface area contributed by atoms with Crippen LogP contribution in [-0.4, -0.2) is 29.9 Å². The highest BCUT2D eigenvalue weighted by Crippen LogP contribution is 2.24. The number of likely N-dealkylation sites (tertiary alicyclic amines) is 1. The molecule has 1 heterocycles. The maximum absolute atomic E-state index is 12.5. The van der Waals surface area contributed by atoms with Crippen LogP contribution >= 0.6 is 12.4 Å². The van der Waals surface area contributed by atoms with Gasteiger partial charge in [0.15, 0.2) is 0 Å². The maximum Gasteiger partial charge on any atom is 0.239 e. The van der Waals surface area contributed by atoms with Crippen molar-refractivity contribution in [3.8, 4) is 0 Å². The minimum atomic E-state index is -0.414. The van der Waals surface area contributed by atoms with E-state index in [1.165, 1.54) is 6.42 Å². The van der Waals surface area contributed by atoms with Gasteiger partial charge in [0.05, 0.1) is 6.04 Å². The number of halogens is 1. The van der Waals surface area contributed by atoms with Crippen molar-refractivity contribution in [2.24, 2.45) is 17.6 Å². The van der Waals surface area contributed by atoms with Gasteiger partial charge in [0.2, 0.25) is 5.91 Å². The van der Waals surface area contributed by atoms with Gasteiger partial charge in [0, 0.05) is 13.1 Å². The van der Waals surface area contributed by atoms with Crippen LogP contribution in [0.25, 0.3) is 0 Å². The fourth-order valence-corrected chi connectivity index (χ4v) is 3.20. The zero-order valence-corrected chi connectivity index (χ0v) is 14.5. The fraction of sp³-hybridized carbons (Fsp3) is 0.611. The van der Waals surface area contributed by atoms with E-state index in [0.717, 1.165) is 37.4 Å². The first-order chi connectivity index (χ1) is 10.1. The van der Waals surface area contributed by atoms with Gasteiger partial charge in [0.25, 0.3) is 0 Å². The Bertz CT molecular complexity index is 450. The summed E-state index contributed by atoms with van der Waals surface area (Å²) in [5.41, 5.74) is 7.27. The summed E-state index contributed by atoms with van der Waals surface area (Å²) in [4.78, 5) is 14.5. The highest BCUT2D eigenvalue weighted by molar-refractivity contribution is 5.85. The van der Waals surface area contributed by atoms with Crippen LogP contribution in [0.2, 0.25) is 0 Å². The van der Waals surface area contributed by atoms with E-state index in [9.17, 15) is 4.79 Å². The van der Waals surface area contributed by atoms with Crippen molar-refractivity contribution in [1.29, 1.82) is 0 Å². The summed E-state index contributed by atoms with van der Waals surface area (Å²) in [6.45, 7) is 6.29. The molecule has 1 amide bonds. The van der Waals surface area contributed by atoms with Crippen LogP contribution in [0.3, 0.4) is 0 Å². The monoisotopic (exact) mass is 324 g/mol. The van der Waals surface area contributed by atoms with Crippen molar-refractivity contribution in [1.82, 2.24) is 4.90 Å². The number of hydrogen-bond acceptors (Lipinski definition) is 2. The smallest absolute Gasteiger partial charge is 0.239 e. The van der Waals surface area contributed by atoms with E-state index in [1.54, 1.807) is 0 Å². The Kier molecular flexibility index (Phi) is 7.91. The Morgan fingerprint density at radius 3 is 2.55 bits per heavy atom. The third kappa shape index (κ3) is 5.29. The van der Waals surface area contributed by atoms with Crippen molar-refractivity contribution in [2.75, 3.05) is 13.1 Å². The Labute approximate surface area is 140 Å². The van der Waals surface area contributed by atoms with Crippen LogP contribution in [0.5, 0.6) is 0 Å². The van der Waals surface area contributed by atoms with Crippen molar-refractivity contribution >= 4 is 18.3 Å². The molecule has 1 aromatic rings. The molecule has 2 rings (SSSR count). The number of hydrogen-bond donors (Lipinski definition) is 1. The predicted molar refractivity (Wildman–Crippen MR) is 94.1 cm³/mol. The van der Waals surface area contributed by atoms with E-state index in [4.69, 9.17) is 5.73 Å². The van der Waals surface area contributed by atoms with Gasteiger partial charge in [-0.15, -0.1) is 12.4 Å². The number of benzene rings is 1. The molecule has 2 N–H and O–H groups in total. The first-order valence-electron chi connectivity index (χ1n) is 8.16. The quantitative estimate of drug-likeness (QED) is 0.924. The number of nitrogens with two attached hydrogens (primary N) is 1. The number of amides is 1. The highest BCUT2D eigenvalue weighted by atomic mass is 35.5. The molecule has 0 saturated carbocycles. The Morgan fingerprint density at radius 1 is 1.23 bits per heavy atom. The molecule has 1 aromatic carbocycles. The average Bonchev–Trinajstić information content (AvgIpc) is 2.73. The molecule has 0 aromatic heterocycles. The van der Waals surface area contributed by atoms with Gasteiger partial charge < -0.3 is 10.6 Å². The second kappa shape index (κ2) is 9.16. The topological polar surface area (TPSA) is 46.3 Å². The zero-order chi connectivity index (χ0) is 15.2. The summed E-state index contributed by atoms with van der Waals surface area (Å²) in [6, 6.07) is 9.62. The molecular formula is C18H29ClN2O. The standard InChI is InChI=1S/C18H28N2O.ClH/c1-14(2)16-9-6-11-20(12-10-16)18(21)17(19)13-15-7-4-3-5-8-15;/h3-5,7-8,14,16-17H,6,9-13,19H2,1-2H3;1H. The van der Waals surface area contributed by atoms with Crippen molar-refractivity contribution in [3.63, 3.8) is 0 Å². The van der Waals surface area contributed by atoms with E-state index in [1.807, 2.05) is 35.2 Å². The minimum Gasteiger partial charge on any atom is -0.341 e. The Balaban J connectivity index is 0.00000242. The fourth-order valence-electron chi connectivity index (χ4n) is 3.20. The van der Waals surface area contributed by atoms with Crippen LogP contribution in [0, 0.1) is 11.8 Å². The van der Waals surface area contributed by atoms with E-state index in [-0.39, 0.29) is 18.3 Å². The molecule has 0 radical (unpaired) electrons. The Hall–Kier alpha value is -1.06. The van der Waals surface area contributed by atoms with Gasteiger partial charge in [0.1, 0.15) is 0 Å². The molecule has 2 unspecified atom stereocenters. The highest BCUT2D eigenvalue weighted by Gasteiger charge is 2.25. The van der Waals surface area contributed by atoms with Gasteiger partial charge >= 0.3 is 0 Å². The lowest BCUT2D eigenvalue weighted by Gasteiger charge is -2.24. The Morgan fingerprint density at radius 2 is 1.91 bits per heavy atom. The molecule has 22 heavy (non-hydrogen) atoms. The number of rotatable bonds is 4. The molecule has 0 spiro atoms. The van der Waals surface area contributed by atoms with Crippen LogP contribution in [0.15, 0.2) is 30.3 Å². The molecule has 2 atom stereocenters. The van der Waals surface area contributed by atoms with Gasteiger partial charge in [-0.2, -0.15) is 0 Å². The lowest BCUT2D eigenvalue weighted by molar-refractivity contribution is -0.132. The van der Waals surface area contributed by atoms with Gasteiger partial charge in [-0.25, -0.2) is 0 Å². The molecule has 124 valence electrons. The number of carbonyl (C=O) groups excluding carboxylic acids is 1. The molecule has 3 nitrogen and oxygen atoms in total. The van der Waals surface area contributed by atoms with Crippen molar-refractivity contribution in [3.05, 3.63) is 35.9 Å². The second-order valence-corrected chi connectivity index (χ2v) is 6.56. The van der Waals surface area contributed by atoms with Crippen molar-refractivity contribution < 1.29 is 4.79 Å². The largest absolute Gasteiger partial charge is 0.341 e. The van der Waals surface area contributed by atoms with Crippen LogP contribution < -0.4 is 5.73 Å². The summed E-state index contributed by atoms with van der Waals surface area (Å²) in [5.74, 6) is 1.56. The van der Waals surface area contributed by atoms with E-state index >= 15 is 0 Å². The molecule has 1 aliphatic rings. The lowest BCUT2D eigenvalue weighted by atomic mass is 9.89. The number of nitrogens with zero attached hydrogens (tertiary/aromatic N) is 1. The van der Waals surface area contributed by atoms with Gasteiger partial charge in [-0.1, -0.05) is 44.2 Å². The average molecular weight is 325 g/mol. The molecular weight excluding hydrogens is 296 g/mol. The van der Waals surface area contributed by atoms with Gasteiger partial charge in [-0.3, -0.25) is 4.79 Å². The first-order valence-corrected chi connectivity index (χ1v) is 8.16. The van der Waals surface area contributed by atoms with Crippen LogP contribution in [0.4, 0.5) is 0 Å². The molecule has 0 bridgehead atoms. The number of carbonyl (C=O) groups is 1. The summed E-state index contributed by atoms with van der Waals surface area (Å²) in [5, 5.41) is 0. The molecule has 1 fully saturated rings. The van der Waals surface area contributed by atoms with E-state index in [2.05, 4.69) is 13.8 Å². The lowest BCUT2D eigenvalue weighted by Crippen LogP contribution is -2.45. The van der Waals surface area contributed by atoms with Crippen molar-refractivity contribution in [2.45, 2.75) is 45.6 Å². The molecule has 1 saturated heterocycles. The normalized spacial score (nSPS) is 20.2. The predicted octanol–water partition coefficient (Wildman–Crippen LogP) is 3.26. The summed E-state index contributed by atoms with van der Waals surface area (Å²) < 4.78 is 0. The third-order valence-electron chi connectivity index (χ3n) is 4.64. The molecule has 4 heteroatoms. The second-order valence-electron chi connectivity index (χ2n) is 6.56. The van der Waals surface area contributed by atoms with Crippen LogP contribution in [-0.2, 0) is 11.2 Å².